The zero-order chi connectivity index (χ0) is 13.3. The second kappa shape index (κ2) is 5.40. The van der Waals surface area contributed by atoms with E-state index in [1.54, 1.807) is 19.1 Å². The molecule has 0 aliphatic heterocycles. The van der Waals surface area contributed by atoms with Crippen molar-refractivity contribution in [2.24, 2.45) is 11.0 Å². The molecule has 4 nitrogen and oxygen atoms in total. The summed E-state index contributed by atoms with van der Waals surface area (Å²) in [5.74, 6) is 0.174. The molecule has 1 saturated carbocycles. The molecule has 6 heteroatoms. The Labute approximate surface area is 122 Å². The van der Waals surface area contributed by atoms with Gasteiger partial charge in [-0.3, -0.25) is 4.79 Å². The molecule has 96 valence electrons. The molecule has 0 radical (unpaired) electrons. The highest BCUT2D eigenvalue weighted by Gasteiger charge is 2.29. The van der Waals surface area contributed by atoms with Gasteiger partial charge in [0.1, 0.15) is 5.75 Å². The van der Waals surface area contributed by atoms with Crippen LogP contribution >= 0.6 is 31.9 Å². The number of phenolic OH excluding ortho intramolecular Hbond substituents is 1. The minimum absolute atomic E-state index is 0.0529. The Hall–Kier alpha value is -0.880. The molecule has 1 aromatic rings. The fourth-order valence-electron chi connectivity index (χ4n) is 1.48. The molecule has 0 spiro atoms. The van der Waals surface area contributed by atoms with Crippen LogP contribution in [0.25, 0.3) is 0 Å². The third-order valence-electron chi connectivity index (χ3n) is 2.70. The Morgan fingerprint density at radius 3 is 2.72 bits per heavy atom. The largest absolute Gasteiger partial charge is 0.506 e. The van der Waals surface area contributed by atoms with E-state index in [9.17, 15) is 9.90 Å². The number of benzene rings is 1. The third kappa shape index (κ3) is 3.11. The van der Waals surface area contributed by atoms with Gasteiger partial charge in [0.25, 0.3) is 0 Å². The van der Waals surface area contributed by atoms with Crippen LogP contribution in [0.5, 0.6) is 5.75 Å². The molecule has 2 N–H and O–H groups in total. The summed E-state index contributed by atoms with van der Waals surface area (Å²) < 4.78 is 1.40. The summed E-state index contributed by atoms with van der Waals surface area (Å²) in [4.78, 5) is 11.5. The minimum Gasteiger partial charge on any atom is -0.506 e. The maximum Gasteiger partial charge on any atom is 0.243 e. The van der Waals surface area contributed by atoms with Crippen molar-refractivity contribution in [1.29, 1.82) is 0 Å². The van der Waals surface area contributed by atoms with Gasteiger partial charge < -0.3 is 5.11 Å². The van der Waals surface area contributed by atoms with E-state index < -0.39 is 0 Å². The predicted molar refractivity (Wildman–Crippen MR) is 76.6 cm³/mol. The second-order valence-electron chi connectivity index (χ2n) is 4.23. The van der Waals surface area contributed by atoms with E-state index in [0.717, 1.165) is 17.3 Å². The molecule has 1 aliphatic rings. The molecule has 0 saturated heterocycles. The number of rotatable bonds is 3. The van der Waals surface area contributed by atoms with Crippen LogP contribution in [-0.2, 0) is 4.79 Å². The Morgan fingerprint density at radius 1 is 1.44 bits per heavy atom. The predicted octanol–water partition coefficient (Wildman–Crippen LogP) is 3.17. The van der Waals surface area contributed by atoms with Crippen molar-refractivity contribution in [2.75, 3.05) is 0 Å². The summed E-state index contributed by atoms with van der Waals surface area (Å²) in [6, 6.07) is 3.50. The molecule has 0 heterocycles. The van der Waals surface area contributed by atoms with Crippen molar-refractivity contribution >= 4 is 43.5 Å². The van der Waals surface area contributed by atoms with Crippen LogP contribution in [0.1, 0.15) is 25.3 Å². The number of carbonyl (C=O) groups excluding carboxylic acids is 1. The van der Waals surface area contributed by atoms with Crippen molar-refractivity contribution < 1.29 is 9.90 Å². The van der Waals surface area contributed by atoms with Gasteiger partial charge in [0.2, 0.25) is 5.91 Å². The van der Waals surface area contributed by atoms with Crippen LogP contribution in [0.3, 0.4) is 0 Å². The van der Waals surface area contributed by atoms with Crippen LogP contribution in [0.4, 0.5) is 0 Å². The monoisotopic (exact) mass is 374 g/mol. The van der Waals surface area contributed by atoms with E-state index in [-0.39, 0.29) is 17.6 Å². The van der Waals surface area contributed by atoms with Crippen LogP contribution in [0.15, 0.2) is 26.2 Å². The molecule has 0 bridgehead atoms. The average molecular weight is 376 g/mol. The number of phenols is 1. The molecule has 2 rings (SSSR count). The number of hydrogen-bond acceptors (Lipinski definition) is 3. The summed E-state index contributed by atoms with van der Waals surface area (Å²) >= 11 is 6.60. The lowest BCUT2D eigenvalue weighted by molar-refractivity contribution is -0.122. The molecule has 1 aromatic carbocycles. The Morgan fingerprint density at radius 2 is 2.11 bits per heavy atom. The van der Waals surface area contributed by atoms with Crippen molar-refractivity contribution in [3.05, 3.63) is 26.6 Å². The van der Waals surface area contributed by atoms with Crippen molar-refractivity contribution in [3.63, 3.8) is 0 Å². The lowest BCUT2D eigenvalue weighted by Gasteiger charge is -2.07. The Bertz CT molecular complexity index is 525. The van der Waals surface area contributed by atoms with Gasteiger partial charge in [-0.25, -0.2) is 5.43 Å². The number of hydrazone groups is 1. The highest BCUT2D eigenvalue weighted by Crippen LogP contribution is 2.32. The number of halogens is 2. The standard InChI is InChI=1S/C12H12Br2N2O2/c1-6(15-16-12(18)7-2-3-7)9-4-8(13)5-10(14)11(9)17/h4-5,7,17H,2-3H2,1H3,(H,16,18)/b15-6+. The summed E-state index contributed by atoms with van der Waals surface area (Å²) in [7, 11) is 0. The third-order valence-corrected chi connectivity index (χ3v) is 3.76. The molecule has 1 amide bonds. The van der Waals surface area contributed by atoms with Crippen LogP contribution in [0.2, 0.25) is 0 Å². The quantitative estimate of drug-likeness (QED) is 0.629. The van der Waals surface area contributed by atoms with Crippen molar-refractivity contribution in [2.45, 2.75) is 19.8 Å². The smallest absolute Gasteiger partial charge is 0.243 e. The summed E-state index contributed by atoms with van der Waals surface area (Å²) in [5.41, 5.74) is 3.65. The minimum atomic E-state index is -0.0529. The van der Waals surface area contributed by atoms with E-state index in [1.807, 2.05) is 0 Å². The van der Waals surface area contributed by atoms with Gasteiger partial charge in [-0.2, -0.15) is 5.10 Å². The van der Waals surface area contributed by atoms with E-state index in [4.69, 9.17) is 0 Å². The Balaban J connectivity index is 2.19. The molecule has 0 unspecified atom stereocenters. The first-order valence-electron chi connectivity index (χ1n) is 5.51. The number of hydrogen-bond donors (Lipinski definition) is 2. The van der Waals surface area contributed by atoms with Gasteiger partial charge in [-0.1, -0.05) is 15.9 Å². The van der Waals surface area contributed by atoms with Crippen LogP contribution in [0, 0.1) is 5.92 Å². The molecule has 18 heavy (non-hydrogen) atoms. The number of nitrogens with one attached hydrogen (secondary N) is 1. The highest BCUT2D eigenvalue weighted by molar-refractivity contribution is 9.11. The normalized spacial score (nSPS) is 15.6. The topological polar surface area (TPSA) is 61.7 Å². The summed E-state index contributed by atoms with van der Waals surface area (Å²) in [6.45, 7) is 1.74. The number of nitrogens with zero attached hydrogens (tertiary/aromatic N) is 1. The van der Waals surface area contributed by atoms with Gasteiger partial charge in [-0.05, 0) is 47.8 Å². The maximum absolute atomic E-state index is 11.5. The zero-order valence-electron chi connectivity index (χ0n) is 9.70. The molecule has 1 aliphatic carbocycles. The number of amides is 1. The Kier molecular flexibility index (Phi) is 4.07. The first-order chi connectivity index (χ1) is 8.49. The molecular formula is C12H12Br2N2O2. The zero-order valence-corrected chi connectivity index (χ0v) is 12.9. The van der Waals surface area contributed by atoms with E-state index in [0.29, 0.717) is 15.7 Å². The molecule has 1 fully saturated rings. The highest BCUT2D eigenvalue weighted by atomic mass is 79.9. The SMILES string of the molecule is C/C(=N\NC(=O)C1CC1)c1cc(Br)cc(Br)c1O. The van der Waals surface area contributed by atoms with Crippen LogP contribution < -0.4 is 5.43 Å². The van der Waals surface area contributed by atoms with Gasteiger partial charge in [0.15, 0.2) is 0 Å². The summed E-state index contributed by atoms with van der Waals surface area (Å²) in [5, 5.41) is 13.9. The fraction of sp³-hybridized carbons (Fsp3) is 0.333. The van der Waals surface area contributed by atoms with Crippen molar-refractivity contribution in [1.82, 2.24) is 5.43 Å². The number of aromatic hydroxyl groups is 1. The van der Waals surface area contributed by atoms with Gasteiger partial charge in [0, 0.05) is 16.0 Å². The molecular weight excluding hydrogens is 364 g/mol. The molecule has 0 aromatic heterocycles. The van der Waals surface area contributed by atoms with E-state index in [2.05, 4.69) is 42.4 Å². The maximum atomic E-state index is 11.5. The van der Waals surface area contributed by atoms with E-state index in [1.165, 1.54) is 0 Å². The average Bonchev–Trinajstić information content (AvgIpc) is 3.14. The first kappa shape index (κ1) is 13.5. The fourth-order valence-corrected chi connectivity index (χ4v) is 2.70. The van der Waals surface area contributed by atoms with Gasteiger partial charge in [-0.15, -0.1) is 0 Å². The first-order valence-corrected chi connectivity index (χ1v) is 7.10. The lowest BCUT2D eigenvalue weighted by Crippen LogP contribution is -2.20. The van der Waals surface area contributed by atoms with Crippen LogP contribution in [-0.4, -0.2) is 16.7 Å². The number of carbonyl (C=O) groups is 1. The van der Waals surface area contributed by atoms with Gasteiger partial charge >= 0.3 is 0 Å². The lowest BCUT2D eigenvalue weighted by atomic mass is 10.1. The van der Waals surface area contributed by atoms with E-state index >= 15 is 0 Å². The summed E-state index contributed by atoms with van der Waals surface area (Å²) in [6.07, 6.45) is 1.88. The van der Waals surface area contributed by atoms with Crippen molar-refractivity contribution in [3.8, 4) is 5.75 Å². The molecule has 0 atom stereocenters. The van der Waals surface area contributed by atoms with Gasteiger partial charge in [0.05, 0.1) is 10.2 Å². The second-order valence-corrected chi connectivity index (χ2v) is 6.00.